The van der Waals surface area contributed by atoms with Gasteiger partial charge in [-0.3, -0.25) is 9.58 Å². The Hall–Kier alpha value is -1.60. The third kappa shape index (κ3) is 4.71. The Morgan fingerprint density at radius 3 is 2.71 bits per heavy atom. The number of hydrogen-bond acceptors (Lipinski definition) is 4. The van der Waals surface area contributed by atoms with Crippen molar-refractivity contribution in [2.75, 3.05) is 44.6 Å². The van der Waals surface area contributed by atoms with Crippen molar-refractivity contribution >= 4 is 11.7 Å². The maximum Gasteiger partial charge on any atom is 0.322 e. The largest absolute Gasteiger partial charge is 0.395 e. The fourth-order valence-electron chi connectivity index (χ4n) is 2.42. The number of nitrogens with one attached hydrogen (secondary N) is 1. The molecule has 7 heteroatoms. The van der Waals surface area contributed by atoms with Crippen molar-refractivity contribution in [2.24, 2.45) is 5.92 Å². The summed E-state index contributed by atoms with van der Waals surface area (Å²) in [6, 6.07) is -0.0808. The number of urea groups is 1. The normalized spacial score (nSPS) is 16.5. The molecule has 21 heavy (non-hydrogen) atoms. The van der Waals surface area contributed by atoms with E-state index in [0.717, 1.165) is 25.3 Å². The predicted molar refractivity (Wildman–Crippen MR) is 81.2 cm³/mol. The van der Waals surface area contributed by atoms with Crippen LogP contribution in [0.3, 0.4) is 0 Å². The maximum absolute atomic E-state index is 12.2. The zero-order valence-electron chi connectivity index (χ0n) is 12.8. The molecule has 0 radical (unpaired) electrons. The van der Waals surface area contributed by atoms with Crippen molar-refractivity contribution in [3.05, 3.63) is 12.4 Å². The van der Waals surface area contributed by atoms with Gasteiger partial charge in [0.15, 0.2) is 0 Å². The number of carbonyl (C=O) groups excluding carboxylic acids is 1. The number of carbonyl (C=O) groups is 1. The number of anilines is 1. The molecule has 1 aliphatic heterocycles. The van der Waals surface area contributed by atoms with Gasteiger partial charge in [-0.2, -0.15) is 5.10 Å². The average Bonchev–Trinajstić information content (AvgIpc) is 2.86. The second kappa shape index (κ2) is 7.42. The zero-order valence-corrected chi connectivity index (χ0v) is 12.8. The zero-order chi connectivity index (χ0) is 15.2. The molecule has 2 N–H and O–H groups in total. The first kappa shape index (κ1) is 15.8. The van der Waals surface area contributed by atoms with Crippen molar-refractivity contribution in [1.29, 1.82) is 0 Å². The Morgan fingerprint density at radius 1 is 1.38 bits per heavy atom. The van der Waals surface area contributed by atoms with Gasteiger partial charge in [-0.05, 0) is 5.92 Å². The van der Waals surface area contributed by atoms with Crippen LogP contribution in [0.4, 0.5) is 10.5 Å². The van der Waals surface area contributed by atoms with Crippen molar-refractivity contribution < 1.29 is 9.90 Å². The summed E-state index contributed by atoms with van der Waals surface area (Å²) in [7, 11) is 0. The molecule has 1 fully saturated rings. The highest BCUT2D eigenvalue weighted by atomic mass is 16.3. The highest BCUT2D eigenvalue weighted by molar-refractivity contribution is 5.89. The molecule has 1 aliphatic rings. The van der Waals surface area contributed by atoms with E-state index in [1.54, 1.807) is 11.1 Å². The van der Waals surface area contributed by atoms with Crippen LogP contribution < -0.4 is 5.32 Å². The van der Waals surface area contributed by atoms with E-state index in [0.29, 0.717) is 25.6 Å². The lowest BCUT2D eigenvalue weighted by atomic mass is 10.2. The lowest BCUT2D eigenvalue weighted by molar-refractivity contribution is 0.127. The van der Waals surface area contributed by atoms with E-state index in [1.165, 1.54) is 0 Å². The average molecular weight is 295 g/mol. The molecule has 0 unspecified atom stereocenters. The van der Waals surface area contributed by atoms with Crippen molar-refractivity contribution in [3.8, 4) is 0 Å². The van der Waals surface area contributed by atoms with Crippen molar-refractivity contribution in [3.63, 3.8) is 0 Å². The van der Waals surface area contributed by atoms with Gasteiger partial charge in [-0.25, -0.2) is 4.79 Å². The summed E-state index contributed by atoms with van der Waals surface area (Å²) in [6.45, 7) is 8.94. The van der Waals surface area contributed by atoms with E-state index in [-0.39, 0.29) is 12.6 Å². The summed E-state index contributed by atoms with van der Waals surface area (Å²) in [5.41, 5.74) is 0.735. The SMILES string of the molecule is CC(C)Cn1cc(NC(=O)N2CCN(CCO)CC2)cn1. The summed E-state index contributed by atoms with van der Waals surface area (Å²) < 4.78 is 1.85. The summed E-state index contributed by atoms with van der Waals surface area (Å²) in [5, 5.41) is 16.0. The monoisotopic (exact) mass is 295 g/mol. The number of β-amino-alcohol motifs (C(OH)–C–C–N with tert-alkyl or cyclic N) is 1. The van der Waals surface area contributed by atoms with Gasteiger partial charge < -0.3 is 15.3 Å². The van der Waals surface area contributed by atoms with Crippen LogP contribution in [0.2, 0.25) is 0 Å². The number of aromatic nitrogens is 2. The van der Waals surface area contributed by atoms with Crippen LogP contribution in [0.5, 0.6) is 0 Å². The molecule has 2 heterocycles. The summed E-state index contributed by atoms with van der Waals surface area (Å²) in [4.78, 5) is 16.1. The number of amides is 2. The van der Waals surface area contributed by atoms with Crippen LogP contribution in [0.1, 0.15) is 13.8 Å². The van der Waals surface area contributed by atoms with Crippen LogP contribution in [-0.2, 0) is 6.54 Å². The van der Waals surface area contributed by atoms with Gasteiger partial charge in [0.25, 0.3) is 0 Å². The molecule has 1 aromatic heterocycles. The number of piperazine rings is 1. The summed E-state index contributed by atoms with van der Waals surface area (Å²) >= 11 is 0. The summed E-state index contributed by atoms with van der Waals surface area (Å²) in [6.07, 6.45) is 3.54. The molecule has 1 saturated heterocycles. The van der Waals surface area contributed by atoms with E-state index < -0.39 is 0 Å². The standard InChI is InChI=1S/C14H25N5O2/c1-12(2)10-19-11-13(9-15-19)16-14(21)18-5-3-17(4-6-18)7-8-20/h9,11-12,20H,3-8,10H2,1-2H3,(H,16,21). The molecule has 0 saturated carbocycles. The second-order valence-electron chi connectivity index (χ2n) is 5.83. The molecule has 0 bridgehead atoms. The minimum Gasteiger partial charge on any atom is -0.395 e. The third-order valence-electron chi connectivity index (χ3n) is 3.51. The molecule has 118 valence electrons. The first-order valence-electron chi connectivity index (χ1n) is 7.50. The van der Waals surface area contributed by atoms with Gasteiger partial charge in [-0.15, -0.1) is 0 Å². The number of aliphatic hydroxyl groups is 1. The Bertz CT molecular complexity index is 452. The van der Waals surface area contributed by atoms with E-state index >= 15 is 0 Å². The molecule has 2 amide bonds. The Labute approximate surface area is 125 Å². The second-order valence-corrected chi connectivity index (χ2v) is 5.83. The van der Waals surface area contributed by atoms with Gasteiger partial charge in [0.2, 0.25) is 0 Å². The quantitative estimate of drug-likeness (QED) is 0.838. The van der Waals surface area contributed by atoms with Gasteiger partial charge in [-0.1, -0.05) is 13.8 Å². The minimum atomic E-state index is -0.0808. The highest BCUT2D eigenvalue weighted by Gasteiger charge is 2.20. The van der Waals surface area contributed by atoms with E-state index in [9.17, 15) is 4.79 Å². The van der Waals surface area contributed by atoms with Gasteiger partial charge in [0.05, 0.1) is 18.5 Å². The van der Waals surface area contributed by atoms with Crippen LogP contribution in [0.25, 0.3) is 0 Å². The highest BCUT2D eigenvalue weighted by Crippen LogP contribution is 2.09. The van der Waals surface area contributed by atoms with Crippen molar-refractivity contribution in [2.45, 2.75) is 20.4 Å². The predicted octanol–water partition coefficient (Wildman–Crippen LogP) is 0.681. The smallest absolute Gasteiger partial charge is 0.322 e. The number of hydrogen-bond donors (Lipinski definition) is 2. The van der Waals surface area contributed by atoms with Crippen LogP contribution in [0, 0.1) is 5.92 Å². The van der Waals surface area contributed by atoms with E-state index in [2.05, 4.69) is 29.2 Å². The molecular weight excluding hydrogens is 270 g/mol. The molecule has 0 aliphatic carbocycles. The van der Waals surface area contributed by atoms with Crippen LogP contribution in [-0.4, -0.2) is 70.0 Å². The minimum absolute atomic E-state index is 0.0808. The number of nitrogens with zero attached hydrogens (tertiary/aromatic N) is 4. The molecule has 0 spiro atoms. The fraction of sp³-hybridized carbons (Fsp3) is 0.714. The van der Waals surface area contributed by atoms with Gasteiger partial charge in [0.1, 0.15) is 0 Å². The van der Waals surface area contributed by atoms with Gasteiger partial charge >= 0.3 is 6.03 Å². The first-order valence-corrected chi connectivity index (χ1v) is 7.50. The van der Waals surface area contributed by atoms with E-state index in [1.807, 2.05) is 10.9 Å². The lowest BCUT2D eigenvalue weighted by Gasteiger charge is -2.34. The number of rotatable bonds is 5. The van der Waals surface area contributed by atoms with Crippen LogP contribution in [0.15, 0.2) is 12.4 Å². The molecule has 2 rings (SSSR count). The van der Waals surface area contributed by atoms with Crippen molar-refractivity contribution in [1.82, 2.24) is 19.6 Å². The van der Waals surface area contributed by atoms with E-state index in [4.69, 9.17) is 5.11 Å². The Kier molecular flexibility index (Phi) is 5.58. The van der Waals surface area contributed by atoms with Gasteiger partial charge in [0, 0.05) is 45.5 Å². The topological polar surface area (TPSA) is 73.6 Å². The Morgan fingerprint density at radius 2 is 2.10 bits per heavy atom. The Balaban J connectivity index is 1.80. The molecule has 0 atom stereocenters. The third-order valence-corrected chi connectivity index (χ3v) is 3.51. The van der Waals surface area contributed by atoms with Crippen LogP contribution >= 0.6 is 0 Å². The summed E-state index contributed by atoms with van der Waals surface area (Å²) in [5.74, 6) is 0.521. The first-order chi connectivity index (χ1) is 10.1. The molecule has 7 nitrogen and oxygen atoms in total. The lowest BCUT2D eigenvalue weighted by Crippen LogP contribution is -2.50. The fourth-order valence-corrected chi connectivity index (χ4v) is 2.42. The molecule has 1 aromatic rings. The molecular formula is C14H25N5O2. The number of aliphatic hydroxyl groups excluding tert-OH is 1. The maximum atomic E-state index is 12.2. The molecule has 0 aromatic carbocycles.